The molecule has 0 spiro atoms. The van der Waals surface area contributed by atoms with E-state index in [4.69, 9.17) is 9.47 Å². The second-order valence-electron chi connectivity index (χ2n) is 4.05. The molecule has 0 fully saturated rings. The predicted octanol–water partition coefficient (Wildman–Crippen LogP) is 2.72. The minimum Gasteiger partial charge on any atom is -0.493 e. The van der Waals surface area contributed by atoms with Gasteiger partial charge in [-0.25, -0.2) is 0 Å². The molecule has 1 rings (SSSR count). The zero-order valence-corrected chi connectivity index (χ0v) is 11.0. The molecular weight excluding hydrogens is 214 g/mol. The van der Waals surface area contributed by atoms with Crippen molar-refractivity contribution in [1.82, 2.24) is 5.32 Å². The second kappa shape index (κ2) is 6.97. The maximum atomic E-state index is 5.35. The van der Waals surface area contributed by atoms with E-state index in [1.807, 2.05) is 24.3 Å². The lowest BCUT2D eigenvalue weighted by molar-refractivity contribution is 0.354. The lowest BCUT2D eigenvalue weighted by Gasteiger charge is -2.10. The summed E-state index contributed by atoms with van der Waals surface area (Å²) in [6.07, 6.45) is 4.12. The SMILES string of the molecule is COc1cccc(C=CCNC(C)C)c1OC. The molecule has 94 valence electrons. The molecule has 0 saturated heterocycles. The zero-order chi connectivity index (χ0) is 12.7. The zero-order valence-electron chi connectivity index (χ0n) is 11.0. The Kier molecular flexibility index (Phi) is 5.57. The van der Waals surface area contributed by atoms with Gasteiger partial charge in [0.25, 0.3) is 0 Å². The van der Waals surface area contributed by atoms with Gasteiger partial charge in [0.2, 0.25) is 0 Å². The molecule has 0 unspecified atom stereocenters. The first-order valence-corrected chi connectivity index (χ1v) is 5.80. The molecule has 0 atom stereocenters. The van der Waals surface area contributed by atoms with Crippen molar-refractivity contribution in [1.29, 1.82) is 0 Å². The fourth-order valence-electron chi connectivity index (χ4n) is 1.53. The number of rotatable bonds is 6. The van der Waals surface area contributed by atoms with Crippen LogP contribution in [0.2, 0.25) is 0 Å². The van der Waals surface area contributed by atoms with E-state index in [0.717, 1.165) is 23.6 Å². The number of para-hydroxylation sites is 1. The summed E-state index contributed by atoms with van der Waals surface area (Å²) in [6, 6.07) is 6.35. The second-order valence-corrected chi connectivity index (χ2v) is 4.05. The van der Waals surface area contributed by atoms with Gasteiger partial charge in [-0.2, -0.15) is 0 Å². The minimum atomic E-state index is 0.492. The smallest absolute Gasteiger partial charge is 0.167 e. The molecule has 3 heteroatoms. The summed E-state index contributed by atoms with van der Waals surface area (Å²) in [7, 11) is 3.30. The molecule has 0 amide bonds. The molecule has 1 aromatic rings. The Morgan fingerprint density at radius 2 is 2.00 bits per heavy atom. The van der Waals surface area contributed by atoms with Crippen LogP contribution in [0.15, 0.2) is 24.3 Å². The van der Waals surface area contributed by atoms with Crippen LogP contribution in [0.4, 0.5) is 0 Å². The van der Waals surface area contributed by atoms with Crippen LogP contribution in [0.3, 0.4) is 0 Å². The first kappa shape index (κ1) is 13.6. The van der Waals surface area contributed by atoms with E-state index in [1.54, 1.807) is 14.2 Å². The normalized spacial score (nSPS) is 11.1. The maximum Gasteiger partial charge on any atom is 0.167 e. The number of methoxy groups -OCH3 is 2. The number of hydrogen-bond acceptors (Lipinski definition) is 3. The van der Waals surface area contributed by atoms with Crippen LogP contribution in [0.25, 0.3) is 6.08 Å². The highest BCUT2D eigenvalue weighted by molar-refractivity contribution is 5.62. The third-order valence-electron chi connectivity index (χ3n) is 2.37. The average molecular weight is 235 g/mol. The quantitative estimate of drug-likeness (QED) is 0.822. The Balaban J connectivity index is 2.76. The summed E-state index contributed by atoms with van der Waals surface area (Å²) in [5.74, 6) is 1.53. The first-order chi connectivity index (χ1) is 8.19. The summed E-state index contributed by atoms with van der Waals surface area (Å²) in [6.45, 7) is 5.10. The largest absolute Gasteiger partial charge is 0.493 e. The van der Waals surface area contributed by atoms with Crippen molar-refractivity contribution in [2.24, 2.45) is 0 Å². The van der Waals surface area contributed by atoms with Crippen LogP contribution < -0.4 is 14.8 Å². The Morgan fingerprint density at radius 1 is 1.24 bits per heavy atom. The van der Waals surface area contributed by atoms with Gasteiger partial charge in [-0.15, -0.1) is 0 Å². The van der Waals surface area contributed by atoms with Crippen LogP contribution in [-0.4, -0.2) is 26.8 Å². The summed E-state index contributed by atoms with van der Waals surface area (Å²) < 4.78 is 10.6. The third-order valence-corrected chi connectivity index (χ3v) is 2.37. The van der Waals surface area contributed by atoms with E-state index in [-0.39, 0.29) is 0 Å². The molecule has 1 aromatic carbocycles. The van der Waals surface area contributed by atoms with E-state index in [9.17, 15) is 0 Å². The Labute approximate surface area is 103 Å². The monoisotopic (exact) mass is 235 g/mol. The third kappa shape index (κ3) is 4.11. The van der Waals surface area contributed by atoms with Crippen molar-refractivity contribution >= 4 is 6.08 Å². The first-order valence-electron chi connectivity index (χ1n) is 5.80. The molecule has 0 aromatic heterocycles. The standard InChI is InChI=1S/C14H21NO2/c1-11(2)15-10-6-8-12-7-5-9-13(16-3)14(12)17-4/h5-9,11,15H,10H2,1-4H3. The highest BCUT2D eigenvalue weighted by atomic mass is 16.5. The molecule has 1 N–H and O–H groups in total. The average Bonchev–Trinajstić information content (AvgIpc) is 2.33. The highest BCUT2D eigenvalue weighted by Gasteiger charge is 2.06. The van der Waals surface area contributed by atoms with Gasteiger partial charge in [-0.3, -0.25) is 0 Å². The van der Waals surface area contributed by atoms with E-state index in [2.05, 4.69) is 25.2 Å². The summed E-state index contributed by atoms with van der Waals surface area (Å²) >= 11 is 0. The van der Waals surface area contributed by atoms with Gasteiger partial charge in [0.15, 0.2) is 11.5 Å². The molecular formula is C14H21NO2. The maximum absolute atomic E-state index is 5.35. The van der Waals surface area contributed by atoms with Gasteiger partial charge in [0, 0.05) is 18.2 Å². The van der Waals surface area contributed by atoms with E-state index >= 15 is 0 Å². The highest BCUT2D eigenvalue weighted by Crippen LogP contribution is 2.31. The van der Waals surface area contributed by atoms with E-state index in [1.165, 1.54) is 0 Å². The molecule has 0 aliphatic heterocycles. The molecule has 0 heterocycles. The van der Waals surface area contributed by atoms with Gasteiger partial charge in [0.1, 0.15) is 0 Å². The summed E-state index contributed by atoms with van der Waals surface area (Å²) in [4.78, 5) is 0. The van der Waals surface area contributed by atoms with Crippen molar-refractivity contribution in [3.05, 3.63) is 29.8 Å². The number of ether oxygens (including phenoxy) is 2. The topological polar surface area (TPSA) is 30.5 Å². The lowest BCUT2D eigenvalue weighted by atomic mass is 10.1. The van der Waals surface area contributed by atoms with Crippen molar-refractivity contribution < 1.29 is 9.47 Å². The number of hydrogen-bond donors (Lipinski definition) is 1. The molecule has 0 aliphatic rings. The minimum absolute atomic E-state index is 0.492. The van der Waals surface area contributed by atoms with Crippen LogP contribution in [0, 0.1) is 0 Å². The molecule has 17 heavy (non-hydrogen) atoms. The van der Waals surface area contributed by atoms with Crippen molar-refractivity contribution in [2.45, 2.75) is 19.9 Å². The Bertz CT molecular complexity index is 372. The van der Waals surface area contributed by atoms with Gasteiger partial charge < -0.3 is 14.8 Å². The van der Waals surface area contributed by atoms with E-state index in [0.29, 0.717) is 6.04 Å². The summed E-state index contributed by atoms with van der Waals surface area (Å²) in [5.41, 5.74) is 1.03. The fourth-order valence-corrected chi connectivity index (χ4v) is 1.53. The predicted molar refractivity (Wildman–Crippen MR) is 71.7 cm³/mol. The molecule has 0 aliphatic carbocycles. The number of nitrogens with one attached hydrogen (secondary N) is 1. The molecule has 0 saturated carbocycles. The summed E-state index contributed by atoms with van der Waals surface area (Å²) in [5, 5.41) is 3.32. The molecule has 3 nitrogen and oxygen atoms in total. The Hall–Kier alpha value is -1.48. The van der Waals surface area contributed by atoms with Crippen LogP contribution in [0.5, 0.6) is 11.5 Å². The van der Waals surface area contributed by atoms with E-state index < -0.39 is 0 Å². The molecule has 0 bridgehead atoms. The van der Waals surface area contributed by atoms with Crippen molar-refractivity contribution in [3.8, 4) is 11.5 Å². The number of benzene rings is 1. The van der Waals surface area contributed by atoms with Crippen LogP contribution in [-0.2, 0) is 0 Å². The molecule has 0 radical (unpaired) electrons. The van der Waals surface area contributed by atoms with Gasteiger partial charge in [0.05, 0.1) is 14.2 Å². The Morgan fingerprint density at radius 3 is 2.59 bits per heavy atom. The fraction of sp³-hybridized carbons (Fsp3) is 0.429. The van der Waals surface area contributed by atoms with Crippen LogP contribution in [0.1, 0.15) is 19.4 Å². The van der Waals surface area contributed by atoms with Gasteiger partial charge in [-0.1, -0.05) is 38.1 Å². The van der Waals surface area contributed by atoms with Crippen molar-refractivity contribution in [3.63, 3.8) is 0 Å². The van der Waals surface area contributed by atoms with Crippen molar-refractivity contribution in [2.75, 3.05) is 20.8 Å². The van der Waals surface area contributed by atoms with Gasteiger partial charge in [-0.05, 0) is 6.07 Å². The van der Waals surface area contributed by atoms with Gasteiger partial charge >= 0.3 is 0 Å². The van der Waals surface area contributed by atoms with Crippen LogP contribution >= 0.6 is 0 Å². The lowest BCUT2D eigenvalue weighted by Crippen LogP contribution is -2.22.